The van der Waals surface area contributed by atoms with E-state index < -0.39 is 0 Å². The third-order valence-corrected chi connectivity index (χ3v) is 2.18. The number of rotatable bonds is 6. The van der Waals surface area contributed by atoms with Gasteiger partial charge in [-0.1, -0.05) is 6.92 Å². The van der Waals surface area contributed by atoms with Crippen molar-refractivity contribution in [3.63, 3.8) is 0 Å². The number of carbonyl (C=O) groups is 1. The molecule has 62 valence electrons. The molecule has 1 nitrogen and oxygen atoms in total. The van der Waals surface area contributed by atoms with Crippen molar-refractivity contribution in [3.8, 4) is 12.3 Å². The molecule has 0 unspecified atom stereocenters. The summed E-state index contributed by atoms with van der Waals surface area (Å²) in [6.07, 6.45) is 7.27. The zero-order valence-electron chi connectivity index (χ0n) is 6.93. The average molecular weight is 170 g/mol. The maximum atomic E-state index is 11.0. The topological polar surface area (TPSA) is 17.1 Å². The third kappa shape index (κ3) is 7.48. The summed E-state index contributed by atoms with van der Waals surface area (Å²) in [4.78, 5) is 11.0. The van der Waals surface area contributed by atoms with Crippen molar-refractivity contribution in [1.29, 1.82) is 0 Å². The van der Waals surface area contributed by atoms with E-state index in [-0.39, 0.29) is 0 Å². The van der Waals surface area contributed by atoms with Gasteiger partial charge in [0.1, 0.15) is 5.78 Å². The van der Waals surface area contributed by atoms with Crippen molar-refractivity contribution in [1.82, 2.24) is 0 Å². The molecule has 0 rings (SSSR count). The summed E-state index contributed by atoms with van der Waals surface area (Å²) < 4.78 is 0. The molecule has 0 saturated carbocycles. The van der Waals surface area contributed by atoms with Gasteiger partial charge >= 0.3 is 0 Å². The zero-order valence-corrected chi connectivity index (χ0v) is 7.75. The maximum Gasteiger partial charge on any atom is 0.142 e. The van der Waals surface area contributed by atoms with Crippen molar-refractivity contribution < 1.29 is 4.79 Å². The lowest BCUT2D eigenvalue weighted by Gasteiger charge is -1.96. The minimum absolute atomic E-state index is 0.326. The van der Waals surface area contributed by atoms with Crippen LogP contribution >= 0.6 is 11.8 Å². The number of thioether (sulfide) groups is 1. The number of carbonyl (C=O) groups excluding carboxylic acids is 1. The number of unbranched alkanes of at least 4 members (excludes halogenated alkanes) is 1. The molecule has 0 atom stereocenters. The maximum absolute atomic E-state index is 11.0. The van der Waals surface area contributed by atoms with Crippen LogP contribution in [0.15, 0.2) is 0 Å². The highest BCUT2D eigenvalue weighted by molar-refractivity contribution is 7.99. The normalized spacial score (nSPS) is 9.09. The smallest absolute Gasteiger partial charge is 0.142 e. The Bertz CT molecular complexity index is 146. The summed E-state index contributed by atoms with van der Waals surface area (Å²) in [6.45, 7) is 2.05. The quantitative estimate of drug-likeness (QED) is 0.448. The van der Waals surface area contributed by atoms with Crippen molar-refractivity contribution in [2.75, 3.05) is 11.5 Å². The van der Waals surface area contributed by atoms with Crippen LogP contribution in [-0.4, -0.2) is 17.3 Å². The molecule has 0 bridgehead atoms. The molecule has 0 aromatic rings. The van der Waals surface area contributed by atoms with Crippen LogP contribution in [0.1, 0.15) is 26.2 Å². The Kier molecular flexibility index (Phi) is 7.39. The molecular formula is C9H14OS. The van der Waals surface area contributed by atoms with Crippen LogP contribution in [0.3, 0.4) is 0 Å². The lowest BCUT2D eigenvalue weighted by Crippen LogP contribution is -2.00. The van der Waals surface area contributed by atoms with E-state index in [1.54, 1.807) is 11.8 Å². The second kappa shape index (κ2) is 7.68. The van der Waals surface area contributed by atoms with Gasteiger partial charge in [0.25, 0.3) is 0 Å². The second-order valence-electron chi connectivity index (χ2n) is 2.23. The van der Waals surface area contributed by atoms with E-state index in [0.29, 0.717) is 18.0 Å². The molecule has 0 spiro atoms. The van der Waals surface area contributed by atoms with E-state index >= 15 is 0 Å². The highest BCUT2D eigenvalue weighted by Gasteiger charge is 1.99. The van der Waals surface area contributed by atoms with Gasteiger partial charge in [-0.15, -0.1) is 12.3 Å². The van der Waals surface area contributed by atoms with Gasteiger partial charge < -0.3 is 0 Å². The molecule has 11 heavy (non-hydrogen) atoms. The second-order valence-corrected chi connectivity index (χ2v) is 3.51. The average Bonchev–Trinajstić information content (AvgIpc) is 2.01. The lowest BCUT2D eigenvalue weighted by molar-refractivity contribution is -0.116. The largest absolute Gasteiger partial charge is 0.299 e. The van der Waals surface area contributed by atoms with Gasteiger partial charge in [-0.3, -0.25) is 4.79 Å². The Balaban J connectivity index is 3.17. The Morgan fingerprint density at radius 3 is 2.91 bits per heavy atom. The summed E-state index contributed by atoms with van der Waals surface area (Å²) in [5, 5.41) is 0. The van der Waals surface area contributed by atoms with Crippen LogP contribution in [0.2, 0.25) is 0 Å². The molecule has 0 aliphatic rings. The molecule has 0 heterocycles. The fraction of sp³-hybridized carbons (Fsp3) is 0.667. The highest BCUT2D eigenvalue weighted by atomic mass is 32.2. The number of hydrogen-bond acceptors (Lipinski definition) is 2. The lowest BCUT2D eigenvalue weighted by atomic mass is 10.2. The van der Waals surface area contributed by atoms with Gasteiger partial charge in [-0.2, -0.15) is 11.8 Å². The van der Waals surface area contributed by atoms with Crippen LogP contribution in [0.25, 0.3) is 0 Å². The van der Waals surface area contributed by atoms with Crippen molar-refractivity contribution in [3.05, 3.63) is 0 Å². The van der Waals surface area contributed by atoms with E-state index in [2.05, 4.69) is 12.8 Å². The monoisotopic (exact) mass is 170 g/mol. The molecular weight excluding hydrogens is 156 g/mol. The molecule has 0 amide bonds. The molecule has 0 saturated heterocycles. The third-order valence-electron chi connectivity index (χ3n) is 1.24. The van der Waals surface area contributed by atoms with E-state index in [0.717, 1.165) is 18.6 Å². The SMILES string of the molecule is C#CCCCC(=O)CSCC. The first-order valence-corrected chi connectivity index (χ1v) is 4.99. The van der Waals surface area contributed by atoms with Crippen LogP contribution in [0.4, 0.5) is 0 Å². The van der Waals surface area contributed by atoms with Crippen molar-refractivity contribution in [2.24, 2.45) is 0 Å². The van der Waals surface area contributed by atoms with Crippen LogP contribution in [0.5, 0.6) is 0 Å². The number of hydrogen-bond donors (Lipinski definition) is 0. The minimum Gasteiger partial charge on any atom is -0.299 e. The summed E-state index contributed by atoms with van der Waals surface area (Å²) in [7, 11) is 0. The molecule has 0 aliphatic heterocycles. The minimum atomic E-state index is 0.326. The predicted molar refractivity (Wildman–Crippen MR) is 50.7 cm³/mol. The molecule has 2 heteroatoms. The van der Waals surface area contributed by atoms with Crippen LogP contribution in [0, 0.1) is 12.3 Å². The predicted octanol–water partition coefficient (Wildman–Crippen LogP) is 2.11. The first-order valence-electron chi connectivity index (χ1n) is 3.84. The summed E-state index contributed by atoms with van der Waals surface area (Å²) >= 11 is 1.67. The first kappa shape index (κ1) is 10.6. The van der Waals surface area contributed by atoms with Gasteiger partial charge in [-0.25, -0.2) is 0 Å². The van der Waals surface area contributed by atoms with Gasteiger partial charge in [0.2, 0.25) is 0 Å². The summed E-state index contributed by atoms with van der Waals surface area (Å²) in [6, 6.07) is 0. The number of Topliss-reactive ketones (excluding diaryl/α,β-unsaturated/α-hetero) is 1. The van der Waals surface area contributed by atoms with Crippen molar-refractivity contribution in [2.45, 2.75) is 26.2 Å². The molecule has 0 aliphatic carbocycles. The standard InChI is InChI=1S/C9H14OS/c1-3-5-6-7-9(10)8-11-4-2/h1H,4-8H2,2H3. The van der Waals surface area contributed by atoms with E-state index in [4.69, 9.17) is 6.42 Å². The molecule has 0 aromatic heterocycles. The van der Waals surface area contributed by atoms with E-state index in [9.17, 15) is 4.79 Å². The van der Waals surface area contributed by atoms with Gasteiger partial charge in [0, 0.05) is 12.8 Å². The summed E-state index contributed by atoms with van der Waals surface area (Å²) in [5.74, 6) is 4.51. The Hall–Kier alpha value is -0.420. The number of terminal acetylenes is 1. The molecule has 0 N–H and O–H groups in total. The summed E-state index contributed by atoms with van der Waals surface area (Å²) in [5.41, 5.74) is 0. The Morgan fingerprint density at radius 2 is 2.36 bits per heavy atom. The first-order chi connectivity index (χ1) is 5.31. The Morgan fingerprint density at radius 1 is 1.64 bits per heavy atom. The molecule has 0 radical (unpaired) electrons. The highest BCUT2D eigenvalue weighted by Crippen LogP contribution is 2.03. The molecule has 0 aromatic carbocycles. The number of ketones is 1. The molecule has 0 fully saturated rings. The van der Waals surface area contributed by atoms with Crippen LogP contribution < -0.4 is 0 Å². The fourth-order valence-electron chi connectivity index (χ4n) is 0.676. The Labute approximate surface area is 72.9 Å². The zero-order chi connectivity index (χ0) is 8.53. The fourth-order valence-corrected chi connectivity index (χ4v) is 1.25. The van der Waals surface area contributed by atoms with E-state index in [1.165, 1.54) is 0 Å². The van der Waals surface area contributed by atoms with Crippen molar-refractivity contribution >= 4 is 17.5 Å². The van der Waals surface area contributed by atoms with Gasteiger partial charge in [-0.05, 0) is 12.2 Å². The van der Waals surface area contributed by atoms with Crippen LogP contribution in [-0.2, 0) is 4.79 Å². The van der Waals surface area contributed by atoms with E-state index in [1.807, 2.05) is 0 Å². The van der Waals surface area contributed by atoms with Gasteiger partial charge in [0.05, 0.1) is 5.75 Å². The van der Waals surface area contributed by atoms with Gasteiger partial charge in [0.15, 0.2) is 0 Å².